The summed E-state index contributed by atoms with van der Waals surface area (Å²) in [6.45, 7) is -2.87. The van der Waals surface area contributed by atoms with Crippen LogP contribution >= 0.6 is 15.9 Å². The zero-order chi connectivity index (χ0) is 12.1. The van der Waals surface area contributed by atoms with E-state index >= 15 is 0 Å². The molecule has 0 heterocycles. The summed E-state index contributed by atoms with van der Waals surface area (Å²) in [5.41, 5.74) is 0.746. The van der Waals surface area contributed by atoms with Crippen molar-refractivity contribution in [1.82, 2.24) is 0 Å². The summed E-state index contributed by atoms with van der Waals surface area (Å²) < 4.78 is 28.5. The van der Waals surface area contributed by atoms with Crippen LogP contribution in [0.3, 0.4) is 0 Å². The fourth-order valence-corrected chi connectivity index (χ4v) is 1.66. The van der Waals surface area contributed by atoms with E-state index in [4.69, 9.17) is 5.11 Å². The summed E-state index contributed by atoms with van der Waals surface area (Å²) in [4.78, 5) is 10.3. The van der Waals surface area contributed by atoms with Crippen molar-refractivity contribution in [2.75, 3.05) is 0 Å². The number of rotatable bonds is 5. The molecule has 16 heavy (non-hydrogen) atoms. The lowest BCUT2D eigenvalue weighted by Crippen LogP contribution is -2.03. The number of halogens is 3. The fraction of sp³-hybridized carbons (Fsp3) is 0.300. The van der Waals surface area contributed by atoms with Gasteiger partial charge in [0.15, 0.2) is 0 Å². The fourth-order valence-electron chi connectivity index (χ4n) is 1.14. The van der Waals surface area contributed by atoms with Crippen LogP contribution in [0, 0.1) is 0 Å². The van der Waals surface area contributed by atoms with Crippen LogP contribution in [-0.4, -0.2) is 17.7 Å². The van der Waals surface area contributed by atoms with Crippen molar-refractivity contribution in [3.05, 3.63) is 28.2 Å². The summed E-state index contributed by atoms with van der Waals surface area (Å²) in [6.07, 6.45) is 0.352. The minimum absolute atomic E-state index is 0.00148. The largest absolute Gasteiger partial charge is 0.481 e. The highest BCUT2D eigenvalue weighted by Gasteiger charge is 2.09. The van der Waals surface area contributed by atoms with E-state index in [0.717, 1.165) is 5.56 Å². The minimum atomic E-state index is -2.87. The van der Waals surface area contributed by atoms with Crippen molar-refractivity contribution in [2.45, 2.75) is 19.5 Å². The second-order valence-electron chi connectivity index (χ2n) is 3.04. The molecule has 0 saturated carbocycles. The van der Waals surface area contributed by atoms with Gasteiger partial charge in [0.2, 0.25) is 0 Å². The van der Waals surface area contributed by atoms with E-state index < -0.39 is 12.6 Å². The van der Waals surface area contributed by atoms with E-state index in [-0.39, 0.29) is 12.2 Å². The number of alkyl halides is 2. The molecule has 0 aliphatic heterocycles. The van der Waals surface area contributed by atoms with Gasteiger partial charge in [0.05, 0.1) is 4.47 Å². The van der Waals surface area contributed by atoms with Crippen LogP contribution in [0.2, 0.25) is 0 Å². The first kappa shape index (κ1) is 12.9. The normalized spacial score (nSPS) is 10.5. The number of benzene rings is 1. The molecule has 0 unspecified atom stereocenters. The highest BCUT2D eigenvalue weighted by Crippen LogP contribution is 2.27. The molecule has 88 valence electrons. The van der Waals surface area contributed by atoms with Crippen molar-refractivity contribution in [1.29, 1.82) is 0 Å². The third kappa shape index (κ3) is 4.14. The summed E-state index contributed by atoms with van der Waals surface area (Å²) in [7, 11) is 0. The maximum Gasteiger partial charge on any atom is 0.387 e. The SMILES string of the molecule is O=C(O)CCc1ccc(OC(F)F)c(Br)c1. The van der Waals surface area contributed by atoms with Gasteiger partial charge < -0.3 is 9.84 Å². The van der Waals surface area contributed by atoms with E-state index in [1.54, 1.807) is 12.1 Å². The van der Waals surface area contributed by atoms with Crippen LogP contribution in [-0.2, 0) is 11.2 Å². The molecule has 1 aromatic rings. The number of carbonyl (C=O) groups is 1. The van der Waals surface area contributed by atoms with Crippen molar-refractivity contribution in [3.8, 4) is 5.75 Å². The first-order valence-electron chi connectivity index (χ1n) is 4.44. The van der Waals surface area contributed by atoms with Gasteiger partial charge in [0, 0.05) is 6.42 Å². The average molecular weight is 295 g/mol. The molecule has 0 aliphatic carbocycles. The highest BCUT2D eigenvalue weighted by molar-refractivity contribution is 9.10. The molecule has 0 bridgehead atoms. The molecule has 0 aliphatic rings. The molecule has 0 saturated heterocycles. The van der Waals surface area contributed by atoms with E-state index in [1.807, 2.05) is 0 Å². The van der Waals surface area contributed by atoms with Gasteiger partial charge in [-0.3, -0.25) is 4.79 Å². The molecule has 0 radical (unpaired) electrons. The monoisotopic (exact) mass is 294 g/mol. The Labute approximate surface area is 99.2 Å². The van der Waals surface area contributed by atoms with Crippen LogP contribution in [0.4, 0.5) is 8.78 Å². The van der Waals surface area contributed by atoms with Gasteiger partial charge in [0.25, 0.3) is 0 Å². The lowest BCUT2D eigenvalue weighted by atomic mass is 10.1. The number of hydrogen-bond acceptors (Lipinski definition) is 2. The topological polar surface area (TPSA) is 46.5 Å². The van der Waals surface area contributed by atoms with Gasteiger partial charge >= 0.3 is 12.6 Å². The Morgan fingerprint density at radius 3 is 2.69 bits per heavy atom. The molecule has 0 atom stereocenters. The van der Waals surface area contributed by atoms with E-state index in [9.17, 15) is 13.6 Å². The van der Waals surface area contributed by atoms with Gasteiger partial charge in [-0.2, -0.15) is 8.78 Å². The molecule has 0 aromatic heterocycles. The molecular formula is C10H9BrF2O3. The molecule has 1 aromatic carbocycles. The lowest BCUT2D eigenvalue weighted by molar-refractivity contribution is -0.136. The van der Waals surface area contributed by atoms with Gasteiger partial charge in [0.1, 0.15) is 5.75 Å². The molecule has 0 spiro atoms. The Morgan fingerprint density at radius 2 is 2.19 bits per heavy atom. The van der Waals surface area contributed by atoms with Crippen LogP contribution in [0.15, 0.2) is 22.7 Å². The zero-order valence-electron chi connectivity index (χ0n) is 8.12. The lowest BCUT2D eigenvalue weighted by Gasteiger charge is -2.08. The Bertz CT molecular complexity index is 382. The van der Waals surface area contributed by atoms with Crippen LogP contribution in [0.5, 0.6) is 5.75 Å². The molecule has 0 fully saturated rings. The third-order valence-corrected chi connectivity index (χ3v) is 2.46. The number of ether oxygens (including phenoxy) is 1. The Kier molecular flexibility index (Phi) is 4.67. The first-order valence-corrected chi connectivity index (χ1v) is 5.23. The predicted octanol–water partition coefficient (Wildman–Crippen LogP) is 3.07. The maximum absolute atomic E-state index is 11.9. The van der Waals surface area contributed by atoms with Gasteiger partial charge in [-0.1, -0.05) is 6.07 Å². The standard InChI is InChI=1S/C10H9BrF2O3/c11-7-5-6(2-4-9(14)15)1-3-8(7)16-10(12)13/h1,3,5,10H,2,4H2,(H,14,15). The molecule has 0 amide bonds. The number of carboxylic acids is 1. The summed E-state index contributed by atoms with van der Waals surface area (Å²) in [5, 5.41) is 8.48. The quantitative estimate of drug-likeness (QED) is 0.908. The molecule has 3 nitrogen and oxygen atoms in total. The predicted molar refractivity (Wildman–Crippen MR) is 56.7 cm³/mol. The summed E-state index contributed by atoms with van der Waals surface area (Å²) in [5.74, 6) is -0.863. The molecular weight excluding hydrogens is 286 g/mol. The zero-order valence-corrected chi connectivity index (χ0v) is 9.71. The van der Waals surface area contributed by atoms with Crippen LogP contribution in [0.25, 0.3) is 0 Å². The highest BCUT2D eigenvalue weighted by atomic mass is 79.9. The van der Waals surface area contributed by atoms with Gasteiger partial charge in [-0.25, -0.2) is 0 Å². The van der Waals surface area contributed by atoms with E-state index in [1.165, 1.54) is 6.07 Å². The minimum Gasteiger partial charge on any atom is -0.481 e. The second kappa shape index (κ2) is 5.79. The smallest absolute Gasteiger partial charge is 0.387 e. The Morgan fingerprint density at radius 1 is 1.50 bits per heavy atom. The molecule has 1 rings (SSSR count). The number of carboxylic acid groups (broad SMARTS) is 1. The summed E-state index contributed by atoms with van der Waals surface area (Å²) in [6, 6.07) is 4.51. The third-order valence-electron chi connectivity index (χ3n) is 1.84. The van der Waals surface area contributed by atoms with E-state index in [2.05, 4.69) is 20.7 Å². The van der Waals surface area contributed by atoms with Crippen molar-refractivity contribution in [3.63, 3.8) is 0 Å². The van der Waals surface area contributed by atoms with Crippen molar-refractivity contribution >= 4 is 21.9 Å². The van der Waals surface area contributed by atoms with Crippen molar-refractivity contribution in [2.24, 2.45) is 0 Å². The van der Waals surface area contributed by atoms with Gasteiger partial charge in [-0.15, -0.1) is 0 Å². The first-order chi connectivity index (χ1) is 7.49. The molecule has 1 N–H and O–H groups in total. The van der Waals surface area contributed by atoms with Gasteiger partial charge in [-0.05, 0) is 40.0 Å². The average Bonchev–Trinajstić information content (AvgIpc) is 2.18. The molecule has 6 heteroatoms. The summed E-state index contributed by atoms with van der Waals surface area (Å²) >= 11 is 3.08. The van der Waals surface area contributed by atoms with E-state index in [0.29, 0.717) is 10.9 Å². The number of aryl methyl sites for hydroxylation is 1. The van der Waals surface area contributed by atoms with Crippen LogP contribution in [0.1, 0.15) is 12.0 Å². The second-order valence-corrected chi connectivity index (χ2v) is 3.89. The maximum atomic E-state index is 11.9. The number of aliphatic carboxylic acids is 1. The van der Waals surface area contributed by atoms with Crippen molar-refractivity contribution < 1.29 is 23.4 Å². The number of hydrogen-bond donors (Lipinski definition) is 1. The Balaban J connectivity index is 2.70. The van der Waals surface area contributed by atoms with Crippen LogP contribution < -0.4 is 4.74 Å². The Hall–Kier alpha value is -1.17.